The second-order valence-electron chi connectivity index (χ2n) is 4.03. The Bertz CT molecular complexity index is 812. The van der Waals surface area contributed by atoms with E-state index < -0.39 is 10.0 Å². The molecule has 0 heterocycles. The second kappa shape index (κ2) is 6.22. The molecule has 0 unspecified atom stereocenters. The molecule has 2 rings (SSSR count). The minimum absolute atomic E-state index is 0.0331. The van der Waals surface area contributed by atoms with Crippen LogP contribution >= 0.6 is 50.7 Å². The van der Waals surface area contributed by atoms with Crippen molar-refractivity contribution in [1.82, 2.24) is 0 Å². The predicted octanol–water partition coefficient (Wildman–Crippen LogP) is 4.79. The summed E-state index contributed by atoms with van der Waals surface area (Å²) >= 11 is 20.8. The molecule has 0 aromatic heterocycles. The van der Waals surface area contributed by atoms with Crippen LogP contribution in [0.25, 0.3) is 0 Å². The molecule has 112 valence electrons. The van der Waals surface area contributed by atoms with Gasteiger partial charge in [0.2, 0.25) is 0 Å². The lowest BCUT2D eigenvalue weighted by Gasteiger charge is -2.11. The van der Waals surface area contributed by atoms with E-state index in [0.717, 1.165) is 0 Å². The smallest absolute Gasteiger partial charge is 0.261 e. The van der Waals surface area contributed by atoms with E-state index in [1.54, 1.807) is 0 Å². The Morgan fingerprint density at radius 2 is 1.62 bits per heavy atom. The predicted molar refractivity (Wildman–Crippen MR) is 90.8 cm³/mol. The highest BCUT2D eigenvalue weighted by atomic mass is 79.9. The molecule has 0 radical (unpaired) electrons. The molecular formula is C12H8BrCl3N2O2S. The molecule has 0 saturated heterocycles. The van der Waals surface area contributed by atoms with E-state index in [4.69, 9.17) is 40.5 Å². The van der Waals surface area contributed by atoms with Crippen molar-refractivity contribution >= 4 is 72.1 Å². The fraction of sp³-hybridized carbons (Fsp3) is 0. The van der Waals surface area contributed by atoms with E-state index in [9.17, 15) is 8.42 Å². The van der Waals surface area contributed by atoms with Gasteiger partial charge in [0.05, 0.1) is 25.7 Å². The molecule has 0 amide bonds. The molecule has 0 saturated carbocycles. The number of benzene rings is 2. The van der Waals surface area contributed by atoms with Crippen LogP contribution in [-0.4, -0.2) is 8.42 Å². The van der Waals surface area contributed by atoms with Crippen LogP contribution in [0.4, 0.5) is 11.4 Å². The van der Waals surface area contributed by atoms with Gasteiger partial charge in [0.1, 0.15) is 0 Å². The minimum Gasteiger partial charge on any atom is -0.398 e. The average molecular weight is 431 g/mol. The zero-order valence-corrected chi connectivity index (χ0v) is 14.9. The first-order valence-electron chi connectivity index (χ1n) is 5.43. The number of sulfonamides is 1. The van der Waals surface area contributed by atoms with Gasteiger partial charge in [-0.2, -0.15) is 0 Å². The van der Waals surface area contributed by atoms with Crippen LogP contribution in [0, 0.1) is 0 Å². The zero-order chi connectivity index (χ0) is 15.8. The van der Waals surface area contributed by atoms with E-state index in [-0.39, 0.29) is 25.7 Å². The van der Waals surface area contributed by atoms with Gasteiger partial charge in [-0.3, -0.25) is 4.72 Å². The van der Waals surface area contributed by atoms with Crippen LogP contribution in [-0.2, 0) is 10.0 Å². The number of anilines is 2. The summed E-state index contributed by atoms with van der Waals surface area (Å²) in [7, 11) is -3.83. The Hall–Kier alpha value is -0.660. The summed E-state index contributed by atoms with van der Waals surface area (Å²) in [6.07, 6.45) is 0. The first-order chi connectivity index (χ1) is 9.70. The molecule has 0 aliphatic heterocycles. The highest BCUT2D eigenvalue weighted by Gasteiger charge is 2.18. The molecule has 2 aromatic rings. The molecule has 0 atom stereocenters. The number of nitrogens with two attached hydrogens (primary N) is 1. The van der Waals surface area contributed by atoms with Gasteiger partial charge in [-0.05, 0) is 46.3 Å². The molecule has 0 aliphatic rings. The van der Waals surface area contributed by atoms with Crippen molar-refractivity contribution in [3.63, 3.8) is 0 Å². The molecule has 3 N–H and O–H groups in total. The molecule has 9 heteroatoms. The van der Waals surface area contributed by atoms with E-state index in [0.29, 0.717) is 10.2 Å². The lowest BCUT2D eigenvalue weighted by atomic mass is 10.3. The van der Waals surface area contributed by atoms with Crippen molar-refractivity contribution in [3.05, 3.63) is 49.9 Å². The first kappa shape index (κ1) is 16.7. The van der Waals surface area contributed by atoms with E-state index in [2.05, 4.69) is 20.7 Å². The van der Waals surface area contributed by atoms with Gasteiger partial charge in [-0.1, -0.05) is 34.8 Å². The van der Waals surface area contributed by atoms with Gasteiger partial charge >= 0.3 is 0 Å². The van der Waals surface area contributed by atoms with Crippen molar-refractivity contribution in [3.8, 4) is 0 Å². The van der Waals surface area contributed by atoms with Crippen LogP contribution in [0.3, 0.4) is 0 Å². The SMILES string of the molecule is Nc1ccc(S(=O)(=O)Nc2cc(Cl)c(Cl)cc2Cl)cc1Br. The maximum absolute atomic E-state index is 12.3. The highest BCUT2D eigenvalue weighted by Crippen LogP contribution is 2.34. The topological polar surface area (TPSA) is 72.2 Å². The van der Waals surface area contributed by atoms with Gasteiger partial charge in [0.25, 0.3) is 10.0 Å². The van der Waals surface area contributed by atoms with Crippen LogP contribution in [0.5, 0.6) is 0 Å². The Morgan fingerprint density at radius 1 is 1.00 bits per heavy atom. The maximum atomic E-state index is 12.3. The Kier molecular flexibility index (Phi) is 4.95. The van der Waals surface area contributed by atoms with Crippen LogP contribution in [0.15, 0.2) is 39.7 Å². The number of nitrogens with one attached hydrogen (secondary N) is 1. The van der Waals surface area contributed by atoms with Crippen molar-refractivity contribution < 1.29 is 8.42 Å². The van der Waals surface area contributed by atoms with E-state index in [1.165, 1.54) is 30.3 Å². The zero-order valence-electron chi connectivity index (χ0n) is 10.2. The number of rotatable bonds is 3. The third-order valence-electron chi connectivity index (χ3n) is 2.54. The van der Waals surface area contributed by atoms with Gasteiger partial charge < -0.3 is 5.73 Å². The Labute approximate surface area is 145 Å². The molecule has 0 spiro atoms. The second-order valence-corrected chi connectivity index (χ2v) is 7.79. The summed E-state index contributed by atoms with van der Waals surface area (Å²) in [5.74, 6) is 0. The highest BCUT2D eigenvalue weighted by molar-refractivity contribution is 9.10. The van der Waals surface area contributed by atoms with Gasteiger partial charge in [0.15, 0.2) is 0 Å². The largest absolute Gasteiger partial charge is 0.398 e. The minimum atomic E-state index is -3.83. The molecule has 4 nitrogen and oxygen atoms in total. The summed E-state index contributed by atoms with van der Waals surface area (Å²) in [6, 6.07) is 6.96. The Morgan fingerprint density at radius 3 is 2.24 bits per heavy atom. The summed E-state index contributed by atoms with van der Waals surface area (Å²) < 4.78 is 27.4. The van der Waals surface area contributed by atoms with Crippen LogP contribution in [0.2, 0.25) is 15.1 Å². The van der Waals surface area contributed by atoms with Crippen molar-refractivity contribution in [2.75, 3.05) is 10.5 Å². The van der Waals surface area contributed by atoms with Crippen LogP contribution in [0.1, 0.15) is 0 Å². The number of hydrogen-bond donors (Lipinski definition) is 2. The molecule has 21 heavy (non-hydrogen) atoms. The molecule has 2 aromatic carbocycles. The summed E-state index contributed by atoms with van der Waals surface area (Å²) in [5.41, 5.74) is 6.20. The lowest BCUT2D eigenvalue weighted by molar-refractivity contribution is 0.601. The molecule has 0 bridgehead atoms. The Balaban J connectivity index is 2.42. The van der Waals surface area contributed by atoms with Crippen LogP contribution < -0.4 is 10.5 Å². The third-order valence-corrected chi connectivity index (χ3v) is 5.62. The van der Waals surface area contributed by atoms with E-state index in [1.807, 2.05) is 0 Å². The fourth-order valence-electron chi connectivity index (χ4n) is 1.48. The quantitative estimate of drug-likeness (QED) is 0.543. The third kappa shape index (κ3) is 3.76. The van der Waals surface area contributed by atoms with Crippen molar-refractivity contribution in [2.24, 2.45) is 0 Å². The fourth-order valence-corrected chi connectivity index (χ4v) is 3.76. The maximum Gasteiger partial charge on any atom is 0.261 e. The number of nitrogen functional groups attached to an aromatic ring is 1. The number of hydrogen-bond acceptors (Lipinski definition) is 3. The van der Waals surface area contributed by atoms with Crippen molar-refractivity contribution in [1.29, 1.82) is 0 Å². The van der Waals surface area contributed by atoms with Gasteiger partial charge in [0, 0.05) is 10.2 Å². The summed E-state index contributed by atoms with van der Waals surface area (Å²) in [5, 5.41) is 0.569. The summed E-state index contributed by atoms with van der Waals surface area (Å²) in [4.78, 5) is 0.0331. The van der Waals surface area contributed by atoms with Gasteiger partial charge in [-0.15, -0.1) is 0 Å². The molecule has 0 aliphatic carbocycles. The lowest BCUT2D eigenvalue weighted by Crippen LogP contribution is -2.13. The average Bonchev–Trinajstić information content (AvgIpc) is 2.39. The normalized spacial score (nSPS) is 11.4. The van der Waals surface area contributed by atoms with E-state index >= 15 is 0 Å². The first-order valence-corrected chi connectivity index (χ1v) is 8.84. The van der Waals surface area contributed by atoms with Crippen molar-refractivity contribution in [2.45, 2.75) is 4.90 Å². The monoisotopic (exact) mass is 428 g/mol. The standard InChI is InChI=1S/C12H8BrCl3N2O2S/c13-7-3-6(1-2-11(7)17)21(19,20)18-12-5-9(15)8(14)4-10(12)16/h1-5,18H,17H2. The summed E-state index contributed by atoms with van der Waals surface area (Å²) in [6.45, 7) is 0. The van der Waals surface area contributed by atoms with Gasteiger partial charge in [-0.25, -0.2) is 8.42 Å². The molecule has 0 fully saturated rings. The molecular weight excluding hydrogens is 422 g/mol. The number of halogens is 4.